The number of piperazine rings is 1. The third-order valence-corrected chi connectivity index (χ3v) is 4.41. The Kier molecular flexibility index (Phi) is 6.73. The van der Waals surface area contributed by atoms with Gasteiger partial charge in [-0.25, -0.2) is 4.39 Å². The van der Waals surface area contributed by atoms with E-state index >= 15 is 0 Å². The van der Waals surface area contributed by atoms with Crippen molar-refractivity contribution in [3.8, 4) is 0 Å². The van der Waals surface area contributed by atoms with Gasteiger partial charge in [-0.1, -0.05) is 31.5 Å². The molecule has 2 rings (SSSR count). The number of carbonyl (C=O) groups excluding carboxylic acids is 2. The molecule has 5 nitrogen and oxygen atoms in total. The summed E-state index contributed by atoms with van der Waals surface area (Å²) in [6, 6.07) is 6.01. The van der Waals surface area contributed by atoms with Crippen LogP contribution in [0.1, 0.15) is 31.7 Å². The SMILES string of the molecule is CCCCN(C)C(=O)CC1C(=O)NCCN1Cc1ccccc1F. The molecule has 0 saturated carbocycles. The van der Waals surface area contributed by atoms with Gasteiger partial charge >= 0.3 is 0 Å². The minimum Gasteiger partial charge on any atom is -0.353 e. The van der Waals surface area contributed by atoms with Crippen molar-refractivity contribution in [2.45, 2.75) is 38.8 Å². The van der Waals surface area contributed by atoms with Gasteiger partial charge in [0.15, 0.2) is 0 Å². The molecule has 1 unspecified atom stereocenters. The molecule has 6 heteroatoms. The van der Waals surface area contributed by atoms with Crippen LogP contribution in [0.15, 0.2) is 24.3 Å². The zero-order valence-corrected chi connectivity index (χ0v) is 14.4. The lowest BCUT2D eigenvalue weighted by atomic mass is 10.1. The predicted molar refractivity (Wildman–Crippen MR) is 90.8 cm³/mol. The zero-order chi connectivity index (χ0) is 17.5. The molecule has 0 aromatic heterocycles. The minimum atomic E-state index is -0.546. The first kappa shape index (κ1) is 18.4. The molecule has 1 aromatic carbocycles. The molecule has 0 radical (unpaired) electrons. The van der Waals surface area contributed by atoms with Crippen LogP contribution in [0.25, 0.3) is 0 Å². The summed E-state index contributed by atoms with van der Waals surface area (Å²) in [7, 11) is 1.76. The molecule has 0 spiro atoms. The molecule has 1 heterocycles. The molecule has 1 aromatic rings. The topological polar surface area (TPSA) is 52.7 Å². The van der Waals surface area contributed by atoms with Crippen molar-refractivity contribution in [3.63, 3.8) is 0 Å². The van der Waals surface area contributed by atoms with Crippen molar-refractivity contribution >= 4 is 11.8 Å². The van der Waals surface area contributed by atoms with Gasteiger partial charge in [0, 0.05) is 38.8 Å². The summed E-state index contributed by atoms with van der Waals surface area (Å²) in [5.41, 5.74) is 0.545. The van der Waals surface area contributed by atoms with Gasteiger partial charge in [0.05, 0.1) is 12.5 Å². The summed E-state index contributed by atoms with van der Waals surface area (Å²) in [6.45, 7) is 4.22. The number of carbonyl (C=O) groups is 2. The number of unbranched alkanes of at least 4 members (excludes halogenated alkanes) is 1. The van der Waals surface area contributed by atoms with Crippen molar-refractivity contribution in [1.29, 1.82) is 0 Å². The molecule has 2 amide bonds. The normalized spacial score (nSPS) is 18.3. The summed E-state index contributed by atoms with van der Waals surface area (Å²) in [4.78, 5) is 28.2. The maximum absolute atomic E-state index is 13.9. The average molecular weight is 335 g/mol. The fraction of sp³-hybridized carbons (Fsp3) is 0.556. The Balaban J connectivity index is 2.04. The van der Waals surface area contributed by atoms with Gasteiger partial charge < -0.3 is 10.2 Å². The zero-order valence-electron chi connectivity index (χ0n) is 14.4. The number of hydrogen-bond acceptors (Lipinski definition) is 3. The lowest BCUT2D eigenvalue weighted by molar-refractivity contribution is -0.138. The second-order valence-corrected chi connectivity index (χ2v) is 6.24. The maximum Gasteiger partial charge on any atom is 0.237 e. The highest BCUT2D eigenvalue weighted by molar-refractivity contribution is 5.88. The quantitative estimate of drug-likeness (QED) is 0.826. The lowest BCUT2D eigenvalue weighted by Crippen LogP contribution is -2.56. The van der Waals surface area contributed by atoms with Crippen molar-refractivity contribution in [1.82, 2.24) is 15.1 Å². The van der Waals surface area contributed by atoms with Crippen LogP contribution in [0.5, 0.6) is 0 Å². The third kappa shape index (κ3) is 4.77. The van der Waals surface area contributed by atoms with Crippen molar-refractivity contribution in [3.05, 3.63) is 35.6 Å². The minimum absolute atomic E-state index is 0.0518. The van der Waals surface area contributed by atoms with E-state index in [2.05, 4.69) is 12.2 Å². The lowest BCUT2D eigenvalue weighted by Gasteiger charge is -2.35. The average Bonchev–Trinajstić information content (AvgIpc) is 2.57. The van der Waals surface area contributed by atoms with Gasteiger partial charge in [-0.3, -0.25) is 14.5 Å². The van der Waals surface area contributed by atoms with E-state index in [1.54, 1.807) is 30.1 Å². The van der Waals surface area contributed by atoms with E-state index in [-0.39, 0.29) is 24.1 Å². The predicted octanol–water partition coefficient (Wildman–Crippen LogP) is 1.77. The largest absolute Gasteiger partial charge is 0.353 e. The maximum atomic E-state index is 13.9. The first-order chi connectivity index (χ1) is 11.5. The summed E-state index contributed by atoms with van der Waals surface area (Å²) < 4.78 is 13.9. The molecule has 0 aliphatic carbocycles. The van der Waals surface area contributed by atoms with E-state index in [0.717, 1.165) is 12.8 Å². The van der Waals surface area contributed by atoms with Gasteiger partial charge in [0.25, 0.3) is 0 Å². The van der Waals surface area contributed by atoms with Gasteiger partial charge in [-0.2, -0.15) is 0 Å². The van der Waals surface area contributed by atoms with Gasteiger partial charge in [-0.05, 0) is 12.5 Å². The Labute approximate surface area is 142 Å². The van der Waals surface area contributed by atoms with Crippen molar-refractivity contribution < 1.29 is 14.0 Å². The number of rotatable bonds is 7. The van der Waals surface area contributed by atoms with Crippen LogP contribution in [0, 0.1) is 5.82 Å². The van der Waals surface area contributed by atoms with Crippen molar-refractivity contribution in [2.24, 2.45) is 0 Å². The molecule has 1 N–H and O–H groups in total. The highest BCUT2D eigenvalue weighted by Crippen LogP contribution is 2.17. The van der Waals surface area contributed by atoms with Crippen LogP contribution in [0.2, 0.25) is 0 Å². The fourth-order valence-corrected chi connectivity index (χ4v) is 2.86. The fourth-order valence-electron chi connectivity index (χ4n) is 2.86. The Morgan fingerprint density at radius 2 is 2.17 bits per heavy atom. The molecule has 1 fully saturated rings. The molecule has 132 valence electrons. The van der Waals surface area contributed by atoms with E-state index in [4.69, 9.17) is 0 Å². The Bertz CT molecular complexity index is 579. The molecule has 24 heavy (non-hydrogen) atoms. The second-order valence-electron chi connectivity index (χ2n) is 6.24. The van der Waals surface area contributed by atoms with E-state index in [0.29, 0.717) is 31.7 Å². The van der Waals surface area contributed by atoms with Crippen LogP contribution in [0.3, 0.4) is 0 Å². The van der Waals surface area contributed by atoms with Crippen LogP contribution in [0.4, 0.5) is 4.39 Å². The summed E-state index contributed by atoms with van der Waals surface area (Å²) in [5, 5.41) is 2.80. The molecule has 1 aliphatic rings. The number of hydrogen-bond donors (Lipinski definition) is 1. The number of nitrogens with zero attached hydrogens (tertiary/aromatic N) is 2. The Morgan fingerprint density at radius 1 is 1.42 bits per heavy atom. The Morgan fingerprint density at radius 3 is 2.88 bits per heavy atom. The number of halogens is 1. The molecular weight excluding hydrogens is 309 g/mol. The van der Waals surface area contributed by atoms with Gasteiger partial charge in [0.1, 0.15) is 5.82 Å². The third-order valence-electron chi connectivity index (χ3n) is 4.41. The molecule has 0 bridgehead atoms. The first-order valence-electron chi connectivity index (χ1n) is 8.52. The summed E-state index contributed by atoms with van der Waals surface area (Å²) in [5.74, 6) is -0.493. The monoisotopic (exact) mass is 335 g/mol. The molecule has 1 atom stereocenters. The van der Waals surface area contributed by atoms with E-state index in [9.17, 15) is 14.0 Å². The molecule has 1 aliphatic heterocycles. The number of amides is 2. The highest BCUT2D eigenvalue weighted by atomic mass is 19.1. The Hall–Kier alpha value is -1.95. The number of nitrogens with one attached hydrogen (secondary N) is 1. The van der Waals surface area contributed by atoms with Crippen LogP contribution < -0.4 is 5.32 Å². The highest BCUT2D eigenvalue weighted by Gasteiger charge is 2.32. The van der Waals surface area contributed by atoms with Crippen LogP contribution in [-0.2, 0) is 16.1 Å². The second kappa shape index (κ2) is 8.78. The number of benzene rings is 1. The van der Waals surface area contributed by atoms with Crippen molar-refractivity contribution in [2.75, 3.05) is 26.7 Å². The molecular formula is C18H26FN3O2. The smallest absolute Gasteiger partial charge is 0.237 e. The molecule has 1 saturated heterocycles. The standard InChI is InChI=1S/C18H26FN3O2/c1-3-4-10-21(2)17(23)12-16-18(24)20-9-11-22(16)13-14-7-5-6-8-15(14)19/h5-8,16H,3-4,9-13H2,1-2H3,(H,20,24). The first-order valence-corrected chi connectivity index (χ1v) is 8.52. The summed E-state index contributed by atoms with van der Waals surface area (Å²) >= 11 is 0. The summed E-state index contributed by atoms with van der Waals surface area (Å²) in [6.07, 6.45) is 2.08. The van der Waals surface area contributed by atoms with Gasteiger partial charge in [-0.15, -0.1) is 0 Å². The van der Waals surface area contributed by atoms with Gasteiger partial charge in [0.2, 0.25) is 11.8 Å². The van der Waals surface area contributed by atoms with E-state index in [1.807, 2.05) is 4.90 Å². The van der Waals surface area contributed by atoms with E-state index < -0.39 is 6.04 Å². The van der Waals surface area contributed by atoms with E-state index in [1.165, 1.54) is 6.07 Å². The van der Waals surface area contributed by atoms with Crippen LogP contribution in [-0.4, -0.2) is 54.3 Å². The van der Waals surface area contributed by atoms with Crippen LogP contribution >= 0.6 is 0 Å².